The third kappa shape index (κ3) is 122. The van der Waals surface area contributed by atoms with Crippen molar-refractivity contribution in [3.63, 3.8) is 0 Å². The van der Waals surface area contributed by atoms with Crippen molar-refractivity contribution in [1.82, 2.24) is 0 Å². The van der Waals surface area contributed by atoms with E-state index in [1.165, 1.54) is 0 Å². The van der Waals surface area contributed by atoms with E-state index in [9.17, 15) is 0 Å². The smallest absolute Gasteiger partial charge is 0 e. The molecule has 0 aromatic rings. The second kappa shape index (κ2) is 84.7. The van der Waals surface area contributed by atoms with Gasteiger partial charge in [-0.05, 0) is 0 Å². The maximum absolute atomic E-state index is 3.73. The molecule has 0 rings (SSSR count). The van der Waals surface area contributed by atoms with Crippen molar-refractivity contribution in [2.24, 2.45) is 20.0 Å². The van der Waals surface area contributed by atoms with Gasteiger partial charge in [0.1, 0.15) is 0 Å². The summed E-state index contributed by atoms with van der Waals surface area (Å²) >= 11 is 0. The van der Waals surface area contributed by atoms with Crippen molar-refractivity contribution in [3.8, 4) is 0 Å². The molecule has 0 saturated carbocycles. The van der Waals surface area contributed by atoms with Crippen LogP contribution < -0.4 is 0 Å². The predicted molar refractivity (Wildman–Crippen MR) is 103 cm³/mol. The van der Waals surface area contributed by atoms with Gasteiger partial charge >= 0.3 is 0 Å². The molecule has 0 saturated heterocycles. The summed E-state index contributed by atoms with van der Waals surface area (Å²) in [6.07, 6.45) is 12.5. The zero-order chi connectivity index (χ0) is 17.9. The van der Waals surface area contributed by atoms with E-state index in [1.807, 2.05) is 13.8 Å². The molecule has 28 heavy (non-hydrogen) atoms. The van der Waals surface area contributed by atoms with Crippen LogP contribution in [0.2, 0.25) is 0 Å². The Bertz CT molecular complexity index is 232. The largest absolute Gasteiger partial charge is 0.533 e. The molecule has 160 valence electrons. The predicted octanol–water partition coefficient (Wildman–Crippen LogP) is 3.92. The molecular formula is C18H32Ar2N4Y4-8. The zero-order valence-electron chi connectivity index (χ0n) is 17.9. The summed E-state index contributed by atoms with van der Waals surface area (Å²) < 4.78 is 0. The summed E-state index contributed by atoms with van der Waals surface area (Å²) in [6.45, 7) is 23.8. The average Bonchev–Trinajstić information content (AvgIpc) is 2.54. The summed E-state index contributed by atoms with van der Waals surface area (Å²) in [5, 5.41) is 0. The van der Waals surface area contributed by atoms with Crippen LogP contribution in [-0.4, -0.2) is 51.0 Å². The first-order valence-corrected chi connectivity index (χ1v) is 7.28. The van der Waals surface area contributed by atoms with Gasteiger partial charge in [0, 0.05) is 206 Å². The number of nitrogens with zero attached hydrogens (tertiary/aromatic N) is 4. The molecular weight excluding hydrogens is 708 g/mol. The van der Waals surface area contributed by atoms with Crippen LogP contribution in [0.3, 0.4) is 0 Å². The van der Waals surface area contributed by atoms with Gasteiger partial charge in [-0.15, -0.1) is 26.2 Å². The molecule has 4 radical (unpaired) electrons. The minimum atomic E-state index is 0. The van der Waals surface area contributed by atoms with E-state index in [1.54, 1.807) is 13.8 Å². The van der Waals surface area contributed by atoms with Crippen molar-refractivity contribution in [3.05, 3.63) is 27.7 Å². The monoisotopic (exact) mass is 740 g/mol. The van der Waals surface area contributed by atoms with Gasteiger partial charge in [0.05, 0.1) is 0 Å². The molecule has 0 atom stereocenters. The first kappa shape index (κ1) is 64.1. The number of hydrogen-bond acceptors (Lipinski definition) is 4. The third-order valence-electron chi connectivity index (χ3n) is 1.30. The van der Waals surface area contributed by atoms with Gasteiger partial charge in [0.15, 0.2) is 0 Å². The molecule has 4 nitrogen and oxygen atoms in total. The standard InChI is InChI=1S/2C5H9N.2C4H7N.2Ar.4Y/c2*1-3-5-6-4-2;2*1-3-5-4-2;;;;;;/h2*2-4H2,1H3;2*1,3H2,2H3;;;;;;/q4*-2;;;;;;. The Morgan fingerprint density at radius 3 is 0.786 bits per heavy atom. The summed E-state index contributed by atoms with van der Waals surface area (Å²) in [5.41, 5.74) is 0. The Kier molecular flexibility index (Phi) is 194. The molecule has 0 unspecified atom stereocenters. The maximum Gasteiger partial charge on any atom is 0 e. The van der Waals surface area contributed by atoms with Gasteiger partial charge in [-0.25, -0.2) is 0 Å². The van der Waals surface area contributed by atoms with Crippen LogP contribution in [0.1, 0.15) is 40.5 Å². The van der Waals surface area contributed by atoms with E-state index < -0.39 is 0 Å². The molecule has 0 aliphatic rings. The van der Waals surface area contributed by atoms with Crippen molar-refractivity contribution in [1.29, 1.82) is 0 Å². The fourth-order valence-electron chi connectivity index (χ4n) is 0.605. The molecule has 10 heteroatoms. The topological polar surface area (TPSA) is 49.4 Å². The van der Waals surface area contributed by atoms with E-state index in [0.717, 1.165) is 12.8 Å². The van der Waals surface area contributed by atoms with Crippen LogP contribution in [0, 0.1) is 103 Å². The summed E-state index contributed by atoms with van der Waals surface area (Å²) in [6, 6.07) is 0. The summed E-state index contributed by atoms with van der Waals surface area (Å²) in [4.78, 5) is 14.7. The van der Waals surface area contributed by atoms with Crippen LogP contribution in [0.5, 0.6) is 0 Å². The third-order valence-corrected chi connectivity index (χ3v) is 1.30. The first-order valence-electron chi connectivity index (χ1n) is 7.28. The minimum absolute atomic E-state index is 0. The van der Waals surface area contributed by atoms with Gasteiger partial charge in [0.25, 0.3) is 0 Å². The van der Waals surface area contributed by atoms with Gasteiger partial charge < -0.3 is 72.5 Å². The Hall–Kier alpha value is 5.62. The van der Waals surface area contributed by atoms with Crippen molar-refractivity contribution in [2.75, 3.05) is 26.2 Å². The molecule has 0 N–H and O–H groups in total. The minimum Gasteiger partial charge on any atom is -0.533 e. The molecule has 0 aromatic heterocycles. The molecule has 0 heterocycles. The fraction of sp³-hybridized carbons (Fsp3) is 0.556. The molecule has 0 spiro atoms. The van der Waals surface area contributed by atoms with Crippen LogP contribution in [0.4, 0.5) is 0 Å². The van der Waals surface area contributed by atoms with Crippen molar-refractivity contribution < 1.29 is 206 Å². The molecule has 0 amide bonds. The van der Waals surface area contributed by atoms with Gasteiger partial charge in [-0.2, -0.15) is 26.7 Å². The maximum atomic E-state index is 3.73. The summed E-state index contributed by atoms with van der Waals surface area (Å²) in [5.74, 6) is 0. The van der Waals surface area contributed by atoms with Crippen LogP contribution in [0.25, 0.3) is 0 Å². The molecule has 0 bridgehead atoms. The van der Waals surface area contributed by atoms with Crippen molar-refractivity contribution in [2.45, 2.75) is 40.5 Å². The number of aliphatic imine (C=N–C) groups is 4. The van der Waals surface area contributed by atoms with Crippen LogP contribution in [0.15, 0.2) is 20.0 Å². The number of rotatable bonds is 6. The Morgan fingerprint density at radius 1 is 0.536 bits per heavy atom. The van der Waals surface area contributed by atoms with Crippen LogP contribution >= 0.6 is 0 Å². The molecule has 0 fully saturated rings. The normalized spacial score (nSPS) is 8.00. The zero-order valence-corrected chi connectivity index (χ0v) is 30.6. The Morgan fingerprint density at radius 2 is 0.750 bits per heavy atom. The average molecular weight is 740 g/mol. The van der Waals surface area contributed by atoms with E-state index >= 15 is 0 Å². The molecule has 0 aromatic carbocycles. The van der Waals surface area contributed by atoms with E-state index in [-0.39, 0.29) is 206 Å². The van der Waals surface area contributed by atoms with Crippen molar-refractivity contribution >= 4 is 24.9 Å². The van der Waals surface area contributed by atoms with E-state index in [4.69, 9.17) is 0 Å². The van der Waals surface area contributed by atoms with Crippen LogP contribution in [-0.2, 0) is 131 Å². The molecule has 0 aliphatic carbocycles. The van der Waals surface area contributed by atoms with Gasteiger partial charge in [-0.3, -0.25) is 0 Å². The second-order valence-corrected chi connectivity index (χ2v) is 3.00. The summed E-state index contributed by atoms with van der Waals surface area (Å²) in [7, 11) is 0. The fourth-order valence-corrected chi connectivity index (χ4v) is 0.605. The number of hydrogen-bond donors (Lipinski definition) is 0. The van der Waals surface area contributed by atoms with Gasteiger partial charge in [0.2, 0.25) is 0 Å². The Labute approximate surface area is 337 Å². The Balaban J connectivity index is -0.0000000181. The van der Waals surface area contributed by atoms with E-state index in [0.29, 0.717) is 26.2 Å². The van der Waals surface area contributed by atoms with E-state index in [2.05, 4.69) is 72.5 Å². The first-order chi connectivity index (χ1) is 10.7. The SMILES string of the molecule is [Ar].[Ar].[CH2-]CN=[C-]C.[CH2-]CN=[C-]C.[CH2-]CN=[C-]CC.[CH2-]CN=[C-]CC.[Y].[Y].[Y].[Y]. The van der Waals surface area contributed by atoms with Gasteiger partial charge in [-0.1, -0.05) is 13.8 Å². The molecule has 0 aliphatic heterocycles. The quantitative estimate of drug-likeness (QED) is 0.293. The second-order valence-electron chi connectivity index (χ2n) is 3.00.